The number of nitrogens with zero attached hydrogens (tertiary/aromatic N) is 1. The molecule has 0 aromatic carbocycles. The molecule has 17 heavy (non-hydrogen) atoms. The van der Waals surface area contributed by atoms with Crippen LogP contribution < -0.4 is 0 Å². The van der Waals surface area contributed by atoms with Gasteiger partial charge in [-0.2, -0.15) is 0 Å². The minimum absolute atomic E-state index is 0.0177. The third-order valence-corrected chi connectivity index (χ3v) is 3.73. The Hall–Kier alpha value is -1.07. The molecular formula is C12H13NO2S2. The molecule has 1 aliphatic heterocycles. The van der Waals surface area contributed by atoms with E-state index >= 15 is 0 Å². The Morgan fingerprint density at radius 3 is 2.88 bits per heavy atom. The fraction of sp³-hybridized carbons (Fsp3) is 0.333. The maximum atomic E-state index is 12.0. The van der Waals surface area contributed by atoms with Crippen LogP contribution in [0, 0.1) is 6.92 Å². The molecule has 0 aliphatic carbocycles. The Labute approximate surface area is 110 Å². The van der Waals surface area contributed by atoms with Crippen LogP contribution in [0.25, 0.3) is 6.08 Å². The average molecular weight is 267 g/mol. The molecule has 1 fully saturated rings. The van der Waals surface area contributed by atoms with Gasteiger partial charge in [0.15, 0.2) is 0 Å². The number of rotatable bonds is 3. The van der Waals surface area contributed by atoms with E-state index in [1.807, 2.05) is 26.0 Å². The molecule has 0 bridgehead atoms. The third kappa shape index (κ3) is 2.61. The van der Waals surface area contributed by atoms with Crippen LogP contribution in [0.2, 0.25) is 0 Å². The van der Waals surface area contributed by atoms with E-state index in [9.17, 15) is 4.79 Å². The van der Waals surface area contributed by atoms with Crippen LogP contribution in [0.5, 0.6) is 0 Å². The van der Waals surface area contributed by atoms with Crippen LogP contribution in [-0.2, 0) is 4.79 Å². The standard InChI is InChI=1S/C12H13NO2S2/c1-3-6-13-11(14)10(17-12(13)16)7-9-5-4-8(2)15-9/h4-5,7H,3,6H2,1-2H3/b10-7+. The van der Waals surface area contributed by atoms with E-state index in [1.54, 1.807) is 11.0 Å². The van der Waals surface area contributed by atoms with Crippen molar-refractivity contribution in [2.75, 3.05) is 6.54 Å². The van der Waals surface area contributed by atoms with E-state index < -0.39 is 0 Å². The number of carbonyl (C=O) groups is 1. The lowest BCUT2D eigenvalue weighted by Gasteiger charge is -2.11. The topological polar surface area (TPSA) is 33.5 Å². The molecule has 1 saturated heterocycles. The monoisotopic (exact) mass is 267 g/mol. The predicted molar refractivity (Wildman–Crippen MR) is 73.6 cm³/mol. The van der Waals surface area contributed by atoms with Crippen molar-refractivity contribution >= 4 is 40.3 Å². The summed E-state index contributed by atoms with van der Waals surface area (Å²) in [5.74, 6) is 1.51. The second-order valence-electron chi connectivity index (χ2n) is 3.78. The highest BCUT2D eigenvalue weighted by molar-refractivity contribution is 8.26. The van der Waals surface area contributed by atoms with Crippen molar-refractivity contribution in [1.29, 1.82) is 0 Å². The van der Waals surface area contributed by atoms with E-state index in [-0.39, 0.29) is 5.91 Å². The highest BCUT2D eigenvalue weighted by Crippen LogP contribution is 2.32. The van der Waals surface area contributed by atoms with Crippen LogP contribution in [0.1, 0.15) is 24.9 Å². The minimum Gasteiger partial charge on any atom is -0.462 e. The highest BCUT2D eigenvalue weighted by atomic mass is 32.2. The summed E-state index contributed by atoms with van der Waals surface area (Å²) in [5.41, 5.74) is 0. The van der Waals surface area contributed by atoms with Gasteiger partial charge >= 0.3 is 0 Å². The number of aryl methyl sites for hydroxylation is 1. The van der Waals surface area contributed by atoms with Crippen molar-refractivity contribution in [2.24, 2.45) is 0 Å². The Morgan fingerprint density at radius 2 is 2.29 bits per heavy atom. The fourth-order valence-corrected chi connectivity index (χ4v) is 2.87. The zero-order valence-electron chi connectivity index (χ0n) is 9.73. The second kappa shape index (κ2) is 5.06. The number of furan rings is 1. The maximum absolute atomic E-state index is 12.0. The summed E-state index contributed by atoms with van der Waals surface area (Å²) < 4.78 is 6.05. The number of amides is 1. The van der Waals surface area contributed by atoms with E-state index in [0.717, 1.165) is 12.2 Å². The Morgan fingerprint density at radius 1 is 1.53 bits per heavy atom. The van der Waals surface area contributed by atoms with Crippen LogP contribution in [0.4, 0.5) is 0 Å². The second-order valence-corrected chi connectivity index (χ2v) is 5.46. The molecule has 1 aromatic heterocycles. The summed E-state index contributed by atoms with van der Waals surface area (Å²) in [6.45, 7) is 4.58. The summed E-state index contributed by atoms with van der Waals surface area (Å²) in [7, 11) is 0. The van der Waals surface area contributed by atoms with Gasteiger partial charge in [0, 0.05) is 12.6 Å². The summed E-state index contributed by atoms with van der Waals surface area (Å²) in [6.07, 6.45) is 2.65. The van der Waals surface area contributed by atoms with Crippen LogP contribution >= 0.6 is 24.0 Å². The van der Waals surface area contributed by atoms with Crippen molar-refractivity contribution in [1.82, 2.24) is 4.90 Å². The largest absolute Gasteiger partial charge is 0.462 e. The van der Waals surface area contributed by atoms with Crippen molar-refractivity contribution in [3.8, 4) is 0 Å². The first-order chi connectivity index (χ1) is 8.11. The Bertz CT molecular complexity index is 490. The highest BCUT2D eigenvalue weighted by Gasteiger charge is 2.31. The maximum Gasteiger partial charge on any atom is 0.266 e. The van der Waals surface area contributed by atoms with E-state index in [0.29, 0.717) is 21.5 Å². The molecule has 0 radical (unpaired) electrons. The number of hydrogen-bond acceptors (Lipinski definition) is 4. The smallest absolute Gasteiger partial charge is 0.266 e. The summed E-state index contributed by atoms with van der Waals surface area (Å²) in [6, 6.07) is 3.72. The van der Waals surface area contributed by atoms with Gasteiger partial charge in [0.05, 0.1) is 4.91 Å². The van der Waals surface area contributed by atoms with Crippen molar-refractivity contribution < 1.29 is 9.21 Å². The number of thioether (sulfide) groups is 1. The summed E-state index contributed by atoms with van der Waals surface area (Å²) >= 11 is 6.51. The Kier molecular flexibility index (Phi) is 3.69. The van der Waals surface area contributed by atoms with Gasteiger partial charge < -0.3 is 4.42 Å². The normalized spacial score (nSPS) is 18.5. The van der Waals surface area contributed by atoms with E-state index in [2.05, 4.69) is 0 Å². The lowest BCUT2D eigenvalue weighted by molar-refractivity contribution is -0.122. The number of thiocarbonyl (C=S) groups is 1. The average Bonchev–Trinajstić information content (AvgIpc) is 2.79. The van der Waals surface area contributed by atoms with Gasteiger partial charge in [0.1, 0.15) is 15.8 Å². The van der Waals surface area contributed by atoms with Gasteiger partial charge in [-0.3, -0.25) is 9.69 Å². The van der Waals surface area contributed by atoms with Crippen molar-refractivity contribution in [3.05, 3.63) is 28.6 Å². The summed E-state index contributed by atoms with van der Waals surface area (Å²) in [5, 5.41) is 0. The molecule has 5 heteroatoms. The Balaban J connectivity index is 2.21. The molecule has 1 aliphatic rings. The van der Waals surface area contributed by atoms with E-state index in [1.165, 1.54) is 11.8 Å². The molecule has 0 unspecified atom stereocenters. The third-order valence-electron chi connectivity index (χ3n) is 2.36. The molecule has 90 valence electrons. The van der Waals surface area contributed by atoms with Crippen LogP contribution in [0.3, 0.4) is 0 Å². The first kappa shape index (κ1) is 12.4. The molecule has 0 atom stereocenters. The van der Waals surface area contributed by atoms with Gasteiger partial charge in [-0.1, -0.05) is 30.9 Å². The van der Waals surface area contributed by atoms with Crippen molar-refractivity contribution in [2.45, 2.75) is 20.3 Å². The molecule has 2 heterocycles. The van der Waals surface area contributed by atoms with Gasteiger partial charge in [-0.05, 0) is 25.5 Å². The van der Waals surface area contributed by atoms with Gasteiger partial charge in [0.25, 0.3) is 5.91 Å². The molecule has 3 nitrogen and oxygen atoms in total. The molecule has 1 aromatic rings. The van der Waals surface area contributed by atoms with Crippen LogP contribution in [-0.4, -0.2) is 21.7 Å². The van der Waals surface area contributed by atoms with Crippen molar-refractivity contribution in [3.63, 3.8) is 0 Å². The molecule has 0 spiro atoms. The van der Waals surface area contributed by atoms with E-state index in [4.69, 9.17) is 16.6 Å². The molecule has 0 N–H and O–H groups in total. The lowest BCUT2D eigenvalue weighted by atomic mass is 10.3. The SMILES string of the molecule is CCCN1C(=O)/C(=C\c2ccc(C)o2)SC1=S. The minimum atomic E-state index is -0.0177. The first-order valence-corrected chi connectivity index (χ1v) is 6.66. The zero-order chi connectivity index (χ0) is 12.4. The van der Waals surface area contributed by atoms with Gasteiger partial charge in [-0.15, -0.1) is 0 Å². The fourth-order valence-electron chi connectivity index (χ4n) is 1.58. The molecule has 0 saturated carbocycles. The van der Waals surface area contributed by atoms with Gasteiger partial charge in [-0.25, -0.2) is 0 Å². The number of carbonyl (C=O) groups excluding carboxylic acids is 1. The summed E-state index contributed by atoms with van der Waals surface area (Å²) in [4.78, 5) is 14.3. The zero-order valence-corrected chi connectivity index (χ0v) is 11.4. The predicted octanol–water partition coefficient (Wildman–Crippen LogP) is 3.20. The van der Waals surface area contributed by atoms with Crippen LogP contribution in [0.15, 0.2) is 21.5 Å². The quantitative estimate of drug-likeness (QED) is 0.622. The molecule has 1 amide bonds. The van der Waals surface area contributed by atoms with Gasteiger partial charge in [0.2, 0.25) is 0 Å². The lowest BCUT2D eigenvalue weighted by Crippen LogP contribution is -2.28. The molecular weight excluding hydrogens is 254 g/mol. The number of hydrogen-bond donors (Lipinski definition) is 0. The first-order valence-electron chi connectivity index (χ1n) is 5.43. The molecule has 2 rings (SSSR count).